The second-order valence-electron chi connectivity index (χ2n) is 6.63. The van der Waals surface area contributed by atoms with E-state index < -0.39 is 0 Å². The molecule has 1 amide bonds. The van der Waals surface area contributed by atoms with Crippen LogP contribution < -0.4 is 10.5 Å². The lowest BCUT2D eigenvalue weighted by Gasteiger charge is -2.23. The number of nitrogens with one attached hydrogen (secondary N) is 1. The van der Waals surface area contributed by atoms with E-state index in [4.69, 9.17) is 0 Å². The van der Waals surface area contributed by atoms with E-state index in [1.165, 1.54) is 6.20 Å². The van der Waals surface area contributed by atoms with Gasteiger partial charge in [0.15, 0.2) is 0 Å². The van der Waals surface area contributed by atoms with Gasteiger partial charge >= 0.3 is 0 Å². The minimum atomic E-state index is -0.206. The first kappa shape index (κ1) is 17.7. The van der Waals surface area contributed by atoms with E-state index in [1.54, 1.807) is 23.2 Å². The number of nitrogens with zero attached hydrogens (tertiary/aromatic N) is 2. The van der Waals surface area contributed by atoms with Gasteiger partial charge in [-0.1, -0.05) is 36.4 Å². The number of hydrogen-bond acceptors (Lipinski definition) is 3. The number of amides is 1. The van der Waals surface area contributed by atoms with Crippen LogP contribution in [-0.4, -0.2) is 15.9 Å². The Morgan fingerprint density at radius 2 is 1.86 bits per heavy atom. The van der Waals surface area contributed by atoms with Gasteiger partial charge in [0.2, 0.25) is 0 Å². The zero-order chi connectivity index (χ0) is 19.5. The zero-order valence-electron chi connectivity index (χ0n) is 15.4. The van der Waals surface area contributed by atoms with Gasteiger partial charge in [0.05, 0.1) is 17.6 Å². The van der Waals surface area contributed by atoms with Crippen LogP contribution in [0.4, 0.5) is 5.69 Å². The number of rotatable bonds is 4. The van der Waals surface area contributed by atoms with Gasteiger partial charge in [0.1, 0.15) is 0 Å². The topological polar surface area (TPSA) is 66.1 Å². The van der Waals surface area contributed by atoms with Gasteiger partial charge in [0.25, 0.3) is 11.5 Å². The normalized spacial score (nSPS) is 10.8. The molecule has 0 aliphatic carbocycles. The minimum Gasteiger partial charge on any atom is -0.321 e. The Balaban J connectivity index is 1.78. The lowest BCUT2D eigenvalue weighted by Crippen LogP contribution is -2.33. The van der Waals surface area contributed by atoms with Crippen LogP contribution in [0.1, 0.15) is 21.5 Å². The van der Waals surface area contributed by atoms with E-state index in [-0.39, 0.29) is 18.0 Å². The number of fused-ring (bicyclic) bond motifs is 1. The predicted octanol–water partition coefficient (Wildman–Crippen LogP) is 4.08. The number of hydrogen-bond donors (Lipinski definition) is 1. The Labute approximate surface area is 162 Å². The fourth-order valence-corrected chi connectivity index (χ4v) is 3.25. The molecule has 5 heteroatoms. The Kier molecular flexibility index (Phi) is 4.72. The molecule has 0 saturated heterocycles. The third-order valence-corrected chi connectivity index (χ3v) is 4.71. The number of benzene rings is 2. The predicted molar refractivity (Wildman–Crippen MR) is 110 cm³/mol. The van der Waals surface area contributed by atoms with Gasteiger partial charge in [-0.15, -0.1) is 0 Å². The SMILES string of the molecule is Cc1cccc2cc(CN(C(=O)c3cccnc3)c3ccccc3)c(=O)[nH]c12. The summed E-state index contributed by atoms with van der Waals surface area (Å²) in [6.07, 6.45) is 3.16. The second kappa shape index (κ2) is 7.48. The molecule has 0 saturated carbocycles. The Bertz CT molecular complexity index is 1180. The summed E-state index contributed by atoms with van der Waals surface area (Å²) in [4.78, 5) is 34.5. The molecule has 2 aromatic heterocycles. The third-order valence-electron chi connectivity index (χ3n) is 4.71. The van der Waals surface area contributed by atoms with Crippen molar-refractivity contribution >= 4 is 22.5 Å². The molecule has 138 valence electrons. The zero-order valence-corrected chi connectivity index (χ0v) is 15.4. The first-order valence-electron chi connectivity index (χ1n) is 9.02. The van der Waals surface area contributed by atoms with Crippen molar-refractivity contribution in [2.24, 2.45) is 0 Å². The van der Waals surface area contributed by atoms with E-state index in [1.807, 2.05) is 61.5 Å². The molecule has 0 radical (unpaired) electrons. The molecule has 0 fully saturated rings. The number of aromatic amines is 1. The largest absolute Gasteiger partial charge is 0.321 e. The van der Waals surface area contributed by atoms with Crippen molar-refractivity contribution in [3.05, 3.63) is 106 Å². The maximum absolute atomic E-state index is 13.2. The third kappa shape index (κ3) is 3.42. The summed E-state index contributed by atoms with van der Waals surface area (Å²) in [5, 5.41) is 0.941. The molecule has 1 N–H and O–H groups in total. The summed E-state index contributed by atoms with van der Waals surface area (Å²) < 4.78 is 0. The van der Waals surface area contributed by atoms with Crippen molar-refractivity contribution in [2.75, 3.05) is 4.90 Å². The lowest BCUT2D eigenvalue weighted by atomic mass is 10.1. The molecule has 0 atom stereocenters. The fourth-order valence-electron chi connectivity index (χ4n) is 3.25. The van der Waals surface area contributed by atoms with E-state index in [0.717, 1.165) is 22.2 Å². The van der Waals surface area contributed by atoms with Crippen LogP contribution in [0, 0.1) is 6.92 Å². The summed E-state index contributed by atoms with van der Waals surface area (Å²) in [6, 6.07) is 20.5. The van der Waals surface area contributed by atoms with Gasteiger partial charge < -0.3 is 9.88 Å². The molecule has 28 heavy (non-hydrogen) atoms. The number of anilines is 1. The van der Waals surface area contributed by atoms with Crippen LogP contribution in [0.3, 0.4) is 0 Å². The Morgan fingerprint density at radius 1 is 1.04 bits per heavy atom. The first-order valence-corrected chi connectivity index (χ1v) is 9.02. The van der Waals surface area contributed by atoms with Crippen molar-refractivity contribution in [2.45, 2.75) is 13.5 Å². The molecule has 4 rings (SSSR count). The molecule has 2 heterocycles. The Hall–Kier alpha value is -3.73. The molecular formula is C23H19N3O2. The van der Waals surface area contributed by atoms with Crippen LogP contribution in [0.2, 0.25) is 0 Å². The highest BCUT2D eigenvalue weighted by molar-refractivity contribution is 6.05. The molecule has 0 aliphatic heterocycles. The van der Waals surface area contributed by atoms with Crippen LogP contribution >= 0.6 is 0 Å². The number of H-pyrrole nitrogens is 1. The summed E-state index contributed by atoms with van der Waals surface area (Å²) in [7, 11) is 0. The van der Waals surface area contributed by atoms with Crippen molar-refractivity contribution in [1.29, 1.82) is 0 Å². The summed E-state index contributed by atoms with van der Waals surface area (Å²) in [6.45, 7) is 2.12. The smallest absolute Gasteiger partial charge is 0.260 e. The number of para-hydroxylation sites is 2. The van der Waals surface area contributed by atoms with Crippen molar-refractivity contribution in [3.63, 3.8) is 0 Å². The summed E-state index contributed by atoms with van der Waals surface area (Å²) in [5.74, 6) is -0.206. The highest BCUT2D eigenvalue weighted by Crippen LogP contribution is 2.21. The van der Waals surface area contributed by atoms with Crippen LogP contribution in [0.25, 0.3) is 10.9 Å². The molecule has 0 bridgehead atoms. The summed E-state index contributed by atoms with van der Waals surface area (Å²) >= 11 is 0. The van der Waals surface area contributed by atoms with Crippen LogP contribution in [-0.2, 0) is 6.54 Å². The highest BCUT2D eigenvalue weighted by atomic mass is 16.2. The van der Waals surface area contributed by atoms with Crippen molar-refractivity contribution < 1.29 is 4.79 Å². The van der Waals surface area contributed by atoms with Crippen LogP contribution in [0.5, 0.6) is 0 Å². The minimum absolute atomic E-state index is 0.164. The molecule has 0 aliphatic rings. The highest BCUT2D eigenvalue weighted by Gasteiger charge is 2.20. The molecule has 0 spiro atoms. The quantitative estimate of drug-likeness (QED) is 0.589. The van der Waals surface area contributed by atoms with Gasteiger partial charge in [-0.25, -0.2) is 0 Å². The summed E-state index contributed by atoms with van der Waals surface area (Å²) in [5.41, 5.74) is 3.36. The standard InChI is InChI=1S/C23H19N3O2/c1-16-7-5-8-17-13-19(22(27)25-21(16)17)15-26(20-10-3-2-4-11-20)23(28)18-9-6-12-24-14-18/h2-14H,15H2,1H3,(H,25,27). The molecule has 4 aromatic rings. The second-order valence-corrected chi connectivity index (χ2v) is 6.63. The molecule has 2 aromatic carbocycles. The molecule has 5 nitrogen and oxygen atoms in total. The van der Waals surface area contributed by atoms with E-state index in [0.29, 0.717) is 11.1 Å². The number of aryl methyl sites for hydroxylation is 1. The lowest BCUT2D eigenvalue weighted by molar-refractivity contribution is 0.0984. The van der Waals surface area contributed by atoms with E-state index >= 15 is 0 Å². The van der Waals surface area contributed by atoms with Gasteiger partial charge in [-0.3, -0.25) is 14.6 Å². The van der Waals surface area contributed by atoms with Gasteiger partial charge in [-0.05, 0) is 48.2 Å². The number of carbonyl (C=O) groups excluding carboxylic acids is 1. The fraction of sp³-hybridized carbons (Fsp3) is 0.0870. The van der Waals surface area contributed by atoms with E-state index in [2.05, 4.69) is 9.97 Å². The average molecular weight is 369 g/mol. The maximum Gasteiger partial charge on any atom is 0.260 e. The number of carbonyl (C=O) groups is 1. The average Bonchev–Trinajstić information content (AvgIpc) is 2.74. The molecular weight excluding hydrogens is 350 g/mol. The maximum atomic E-state index is 13.2. The van der Waals surface area contributed by atoms with E-state index in [9.17, 15) is 9.59 Å². The van der Waals surface area contributed by atoms with Crippen LogP contribution in [0.15, 0.2) is 83.9 Å². The number of pyridine rings is 2. The Morgan fingerprint density at radius 3 is 2.61 bits per heavy atom. The number of aromatic nitrogens is 2. The molecule has 0 unspecified atom stereocenters. The van der Waals surface area contributed by atoms with Crippen molar-refractivity contribution in [1.82, 2.24) is 9.97 Å². The van der Waals surface area contributed by atoms with Gasteiger partial charge in [-0.2, -0.15) is 0 Å². The monoisotopic (exact) mass is 369 g/mol. The van der Waals surface area contributed by atoms with Gasteiger partial charge in [0, 0.05) is 23.6 Å². The van der Waals surface area contributed by atoms with Crippen molar-refractivity contribution in [3.8, 4) is 0 Å². The first-order chi connectivity index (χ1) is 13.6.